The van der Waals surface area contributed by atoms with Crippen LogP contribution in [-0.2, 0) is 20.9 Å². The number of ether oxygens (including phenoxy) is 2. The van der Waals surface area contributed by atoms with Crippen molar-refractivity contribution in [3.63, 3.8) is 0 Å². The van der Waals surface area contributed by atoms with Crippen molar-refractivity contribution in [3.05, 3.63) is 35.9 Å². The van der Waals surface area contributed by atoms with Crippen molar-refractivity contribution < 1.29 is 23.9 Å². The van der Waals surface area contributed by atoms with E-state index in [0.29, 0.717) is 19.4 Å². The van der Waals surface area contributed by atoms with E-state index in [9.17, 15) is 14.4 Å². The number of aldehydes is 1. The minimum Gasteiger partial charge on any atom is -0.445 e. The number of carbonyl (C=O) groups is 3. The molecule has 1 aromatic rings. The Balaban J connectivity index is 2.11. The van der Waals surface area contributed by atoms with E-state index in [4.69, 9.17) is 9.47 Å². The van der Waals surface area contributed by atoms with E-state index in [2.05, 4.69) is 0 Å². The molecular formula is C23H34N2O5. The summed E-state index contributed by atoms with van der Waals surface area (Å²) in [6.07, 6.45) is 1.54. The van der Waals surface area contributed by atoms with Gasteiger partial charge in [0.25, 0.3) is 0 Å². The van der Waals surface area contributed by atoms with Gasteiger partial charge in [-0.2, -0.15) is 0 Å². The molecule has 0 unspecified atom stereocenters. The Morgan fingerprint density at radius 2 is 1.87 bits per heavy atom. The van der Waals surface area contributed by atoms with Gasteiger partial charge in [0, 0.05) is 25.0 Å². The van der Waals surface area contributed by atoms with Crippen LogP contribution in [0.25, 0.3) is 0 Å². The highest BCUT2D eigenvalue weighted by atomic mass is 16.6. The Hall–Kier alpha value is -2.57. The van der Waals surface area contributed by atoms with Crippen molar-refractivity contribution in [1.29, 1.82) is 0 Å². The fraction of sp³-hybridized carbons (Fsp3) is 0.609. The smallest absolute Gasteiger partial charge is 0.410 e. The average molecular weight is 419 g/mol. The summed E-state index contributed by atoms with van der Waals surface area (Å²) in [6.45, 7) is 9.79. The van der Waals surface area contributed by atoms with Crippen LogP contribution < -0.4 is 0 Å². The quantitative estimate of drug-likeness (QED) is 0.641. The molecule has 0 aliphatic carbocycles. The van der Waals surface area contributed by atoms with Gasteiger partial charge >= 0.3 is 12.2 Å². The van der Waals surface area contributed by atoms with Crippen LogP contribution >= 0.6 is 0 Å². The van der Waals surface area contributed by atoms with Crippen LogP contribution in [0.15, 0.2) is 30.3 Å². The molecule has 7 nitrogen and oxygen atoms in total. The highest BCUT2D eigenvalue weighted by Crippen LogP contribution is 2.27. The van der Waals surface area contributed by atoms with Gasteiger partial charge in [0.1, 0.15) is 18.5 Å². The molecule has 0 saturated carbocycles. The van der Waals surface area contributed by atoms with Crippen LogP contribution in [0.5, 0.6) is 0 Å². The Morgan fingerprint density at radius 3 is 2.43 bits per heavy atom. The molecule has 166 valence electrons. The van der Waals surface area contributed by atoms with Crippen LogP contribution in [0, 0.1) is 0 Å². The topological polar surface area (TPSA) is 76.2 Å². The van der Waals surface area contributed by atoms with Crippen LogP contribution in [-0.4, -0.2) is 58.5 Å². The van der Waals surface area contributed by atoms with Gasteiger partial charge in [-0.3, -0.25) is 0 Å². The van der Waals surface area contributed by atoms with Crippen LogP contribution in [0.1, 0.15) is 59.4 Å². The summed E-state index contributed by atoms with van der Waals surface area (Å²) in [5, 5.41) is 0. The second-order valence-electron chi connectivity index (χ2n) is 8.96. The zero-order chi connectivity index (χ0) is 22.3. The van der Waals surface area contributed by atoms with Crippen molar-refractivity contribution >= 4 is 18.5 Å². The monoisotopic (exact) mass is 418 g/mol. The van der Waals surface area contributed by atoms with E-state index in [1.807, 2.05) is 65.0 Å². The lowest BCUT2D eigenvalue weighted by molar-refractivity contribution is -0.109. The molecule has 2 atom stereocenters. The second kappa shape index (κ2) is 10.5. The Kier molecular flexibility index (Phi) is 8.26. The third-order valence-corrected chi connectivity index (χ3v) is 5.04. The van der Waals surface area contributed by atoms with E-state index in [1.54, 1.807) is 9.80 Å². The predicted molar refractivity (Wildman–Crippen MR) is 114 cm³/mol. The Morgan fingerprint density at radius 1 is 1.20 bits per heavy atom. The molecule has 1 heterocycles. The molecule has 1 aliphatic rings. The molecule has 1 aliphatic heterocycles. The summed E-state index contributed by atoms with van der Waals surface area (Å²) in [6, 6.07) is 9.00. The number of amides is 2. The maximum atomic E-state index is 12.9. The molecule has 0 bridgehead atoms. The number of carbonyl (C=O) groups excluding carboxylic acids is 3. The summed E-state index contributed by atoms with van der Waals surface area (Å²) in [7, 11) is 0. The standard InChI is InChI=1S/C23H34N2O5/c1-17(2)25(22(28)29-16-18-9-7-6-8-10-18)20-12-11-19(13-14-26)24(15-20)21(27)30-23(3,4)5/h6-10,14,17,19-20H,11-13,15-16H2,1-5H3/t19-,20-/m1/s1. The Bertz CT molecular complexity index is 714. The van der Waals surface area contributed by atoms with E-state index < -0.39 is 17.8 Å². The third kappa shape index (κ3) is 6.75. The summed E-state index contributed by atoms with van der Waals surface area (Å²) in [5.41, 5.74) is 0.280. The largest absolute Gasteiger partial charge is 0.445 e. The lowest BCUT2D eigenvalue weighted by Crippen LogP contribution is -2.57. The van der Waals surface area contributed by atoms with E-state index in [1.165, 1.54) is 0 Å². The van der Waals surface area contributed by atoms with E-state index in [-0.39, 0.29) is 31.2 Å². The number of hydrogen-bond donors (Lipinski definition) is 0. The molecule has 2 amide bonds. The van der Waals surface area contributed by atoms with Crippen LogP contribution in [0.4, 0.5) is 9.59 Å². The predicted octanol–water partition coefficient (Wildman–Crippen LogP) is 4.39. The zero-order valence-corrected chi connectivity index (χ0v) is 18.7. The number of benzene rings is 1. The number of rotatable bonds is 6. The highest BCUT2D eigenvalue weighted by molar-refractivity contribution is 5.71. The lowest BCUT2D eigenvalue weighted by Gasteiger charge is -2.44. The molecule has 1 fully saturated rings. The lowest BCUT2D eigenvalue weighted by atomic mass is 9.95. The number of nitrogens with zero attached hydrogens (tertiary/aromatic N) is 2. The van der Waals surface area contributed by atoms with Crippen molar-refractivity contribution in [2.24, 2.45) is 0 Å². The molecule has 0 aromatic heterocycles. The summed E-state index contributed by atoms with van der Waals surface area (Å²) in [5.74, 6) is 0. The average Bonchev–Trinajstić information content (AvgIpc) is 2.67. The summed E-state index contributed by atoms with van der Waals surface area (Å²) >= 11 is 0. The first-order valence-electron chi connectivity index (χ1n) is 10.5. The molecule has 1 saturated heterocycles. The first-order valence-corrected chi connectivity index (χ1v) is 10.5. The minimum absolute atomic E-state index is 0.0959. The van der Waals surface area contributed by atoms with Gasteiger partial charge in [-0.25, -0.2) is 9.59 Å². The van der Waals surface area contributed by atoms with Gasteiger partial charge in [-0.1, -0.05) is 30.3 Å². The fourth-order valence-electron chi connectivity index (χ4n) is 3.71. The second-order valence-corrected chi connectivity index (χ2v) is 8.96. The molecule has 0 N–H and O–H groups in total. The molecule has 0 spiro atoms. The van der Waals surface area contributed by atoms with Gasteiger partial charge in [0.05, 0.1) is 6.04 Å². The molecule has 7 heteroatoms. The van der Waals surface area contributed by atoms with Gasteiger partial charge in [-0.05, 0) is 53.0 Å². The van der Waals surface area contributed by atoms with Gasteiger partial charge in [0.2, 0.25) is 0 Å². The molecule has 2 rings (SSSR count). The summed E-state index contributed by atoms with van der Waals surface area (Å²) in [4.78, 5) is 40.1. The van der Waals surface area contributed by atoms with Gasteiger partial charge in [-0.15, -0.1) is 0 Å². The van der Waals surface area contributed by atoms with Crippen molar-refractivity contribution in [3.8, 4) is 0 Å². The fourth-order valence-corrected chi connectivity index (χ4v) is 3.71. The molecule has 1 aromatic carbocycles. The highest BCUT2D eigenvalue weighted by Gasteiger charge is 2.38. The van der Waals surface area contributed by atoms with Crippen LogP contribution in [0.2, 0.25) is 0 Å². The maximum Gasteiger partial charge on any atom is 0.410 e. The number of likely N-dealkylation sites (tertiary alicyclic amines) is 1. The van der Waals surface area contributed by atoms with Gasteiger partial charge in [0.15, 0.2) is 0 Å². The third-order valence-electron chi connectivity index (χ3n) is 5.04. The SMILES string of the molecule is CC(C)N(C(=O)OCc1ccccc1)[C@@H]1CC[C@H](CC=O)N(C(=O)OC(C)(C)C)C1. The van der Waals surface area contributed by atoms with Gasteiger partial charge < -0.3 is 24.1 Å². The first kappa shape index (κ1) is 23.7. The van der Waals surface area contributed by atoms with E-state index >= 15 is 0 Å². The van der Waals surface area contributed by atoms with Crippen LogP contribution in [0.3, 0.4) is 0 Å². The van der Waals surface area contributed by atoms with Crippen molar-refractivity contribution in [2.45, 2.75) is 84.2 Å². The summed E-state index contributed by atoms with van der Waals surface area (Å²) < 4.78 is 11.1. The van der Waals surface area contributed by atoms with E-state index in [0.717, 1.165) is 11.8 Å². The maximum absolute atomic E-state index is 12.9. The normalized spacial score (nSPS) is 19.3. The molecular weight excluding hydrogens is 384 g/mol. The zero-order valence-electron chi connectivity index (χ0n) is 18.7. The van der Waals surface area contributed by atoms with Crippen molar-refractivity contribution in [1.82, 2.24) is 9.80 Å². The Labute approximate surface area is 179 Å². The minimum atomic E-state index is -0.637. The number of hydrogen-bond acceptors (Lipinski definition) is 5. The molecule has 0 radical (unpaired) electrons. The van der Waals surface area contributed by atoms with Crippen molar-refractivity contribution in [2.75, 3.05) is 6.54 Å². The molecule has 30 heavy (non-hydrogen) atoms. The number of piperidine rings is 1. The first-order chi connectivity index (χ1) is 14.1.